The first-order valence-electron chi connectivity index (χ1n) is 7.53. The predicted octanol–water partition coefficient (Wildman–Crippen LogP) is 2.93. The lowest BCUT2D eigenvalue weighted by molar-refractivity contribution is -0.137. The van der Waals surface area contributed by atoms with E-state index in [2.05, 4.69) is 15.8 Å². The summed E-state index contributed by atoms with van der Waals surface area (Å²) in [6.07, 6.45) is -2.73. The van der Waals surface area contributed by atoms with E-state index in [1.165, 1.54) is 23.5 Å². The number of alkyl halides is 3. The third kappa shape index (κ3) is 4.56. The van der Waals surface area contributed by atoms with E-state index in [-0.39, 0.29) is 18.2 Å². The van der Waals surface area contributed by atoms with Crippen LogP contribution in [0, 0.1) is 5.92 Å². The molecule has 2 amide bonds. The van der Waals surface area contributed by atoms with Crippen LogP contribution in [0.5, 0.6) is 0 Å². The number of rotatable bonds is 4. The van der Waals surface area contributed by atoms with E-state index in [0.29, 0.717) is 16.3 Å². The van der Waals surface area contributed by atoms with Gasteiger partial charge in [0.15, 0.2) is 0 Å². The largest absolute Gasteiger partial charge is 0.416 e. The van der Waals surface area contributed by atoms with Crippen molar-refractivity contribution < 1.29 is 22.8 Å². The molecule has 3 rings (SSSR count). The van der Waals surface area contributed by atoms with Gasteiger partial charge in [-0.3, -0.25) is 20.4 Å². The quantitative estimate of drug-likeness (QED) is 0.814. The molecule has 9 heteroatoms. The minimum atomic E-state index is -4.38. The van der Waals surface area contributed by atoms with Gasteiger partial charge in [-0.15, -0.1) is 11.3 Å². The minimum absolute atomic E-state index is 0.00848. The summed E-state index contributed by atoms with van der Waals surface area (Å²) in [5, 5.41) is 2.19. The second-order valence-corrected chi connectivity index (χ2v) is 6.57. The molecule has 0 atom stereocenters. The molecule has 1 aliphatic rings. The summed E-state index contributed by atoms with van der Waals surface area (Å²) in [4.78, 5) is 27.5. The maximum atomic E-state index is 12.6. The number of carbonyl (C=O) groups excluding carboxylic acids is 2. The highest BCUT2D eigenvalue weighted by molar-refractivity contribution is 7.13. The van der Waals surface area contributed by atoms with E-state index in [1.807, 2.05) is 0 Å². The number of hydrazine groups is 1. The first kappa shape index (κ1) is 17.4. The summed E-state index contributed by atoms with van der Waals surface area (Å²) >= 11 is 1.24. The third-order valence-electron chi connectivity index (χ3n) is 3.63. The summed E-state index contributed by atoms with van der Waals surface area (Å²) in [5.41, 5.74) is 4.99. The third-order valence-corrected chi connectivity index (χ3v) is 4.57. The van der Waals surface area contributed by atoms with Gasteiger partial charge in [-0.25, -0.2) is 4.98 Å². The van der Waals surface area contributed by atoms with Gasteiger partial charge in [0.25, 0.3) is 0 Å². The van der Waals surface area contributed by atoms with Crippen LogP contribution < -0.4 is 10.9 Å². The molecule has 0 unspecified atom stereocenters. The summed E-state index contributed by atoms with van der Waals surface area (Å²) in [5.74, 6) is -0.610. The second-order valence-electron chi connectivity index (χ2n) is 5.71. The number of nitrogens with zero attached hydrogens (tertiary/aromatic N) is 1. The Hall–Kier alpha value is -2.42. The fourth-order valence-electron chi connectivity index (χ4n) is 2.11. The average molecular weight is 369 g/mol. The topological polar surface area (TPSA) is 71.1 Å². The molecule has 1 saturated carbocycles. The van der Waals surface area contributed by atoms with Crippen LogP contribution in [0.15, 0.2) is 29.6 Å². The molecule has 5 nitrogen and oxygen atoms in total. The molecule has 2 N–H and O–H groups in total. The molecule has 0 spiro atoms. The summed E-state index contributed by atoms with van der Waals surface area (Å²) in [6.45, 7) is 0. The average Bonchev–Trinajstić information content (AvgIpc) is 3.32. The van der Waals surface area contributed by atoms with E-state index < -0.39 is 17.6 Å². The highest BCUT2D eigenvalue weighted by Crippen LogP contribution is 2.32. The van der Waals surface area contributed by atoms with Crippen LogP contribution in [-0.2, 0) is 22.2 Å². The molecular formula is C16H14F3N3O2S. The van der Waals surface area contributed by atoms with Crippen LogP contribution in [0.25, 0.3) is 10.6 Å². The van der Waals surface area contributed by atoms with Gasteiger partial charge in [-0.05, 0) is 25.0 Å². The normalized spacial score (nSPS) is 14.2. The lowest BCUT2D eigenvalue weighted by Crippen LogP contribution is -2.43. The van der Waals surface area contributed by atoms with Gasteiger partial charge in [0.1, 0.15) is 5.01 Å². The Morgan fingerprint density at radius 2 is 1.84 bits per heavy atom. The van der Waals surface area contributed by atoms with Crippen LogP contribution in [0.2, 0.25) is 0 Å². The second kappa shape index (κ2) is 6.83. The van der Waals surface area contributed by atoms with Crippen molar-refractivity contribution in [2.75, 3.05) is 0 Å². The SMILES string of the molecule is O=C(Cc1csc(-c2ccc(C(F)(F)F)cc2)n1)NNC(=O)C1CC1. The number of halogens is 3. The zero-order valence-electron chi connectivity index (χ0n) is 12.9. The minimum Gasteiger partial charge on any atom is -0.273 e. The predicted molar refractivity (Wildman–Crippen MR) is 85.3 cm³/mol. The van der Waals surface area contributed by atoms with Crippen LogP contribution in [-0.4, -0.2) is 16.8 Å². The monoisotopic (exact) mass is 369 g/mol. The van der Waals surface area contributed by atoms with Crippen molar-refractivity contribution in [3.63, 3.8) is 0 Å². The van der Waals surface area contributed by atoms with Gasteiger partial charge < -0.3 is 0 Å². The van der Waals surface area contributed by atoms with Crippen molar-refractivity contribution in [3.05, 3.63) is 40.9 Å². The molecule has 1 aromatic carbocycles. The van der Waals surface area contributed by atoms with Crippen LogP contribution >= 0.6 is 11.3 Å². The molecule has 1 heterocycles. The van der Waals surface area contributed by atoms with Crippen molar-refractivity contribution >= 4 is 23.2 Å². The molecule has 25 heavy (non-hydrogen) atoms. The Balaban J connectivity index is 1.58. The van der Waals surface area contributed by atoms with Crippen molar-refractivity contribution in [1.82, 2.24) is 15.8 Å². The van der Waals surface area contributed by atoms with Crippen LogP contribution in [0.4, 0.5) is 13.2 Å². The summed E-state index contributed by atoms with van der Waals surface area (Å²) < 4.78 is 37.7. The highest BCUT2D eigenvalue weighted by atomic mass is 32.1. The molecule has 2 aromatic rings. The first-order chi connectivity index (χ1) is 11.8. The van der Waals surface area contributed by atoms with Gasteiger partial charge in [0, 0.05) is 16.9 Å². The first-order valence-corrected chi connectivity index (χ1v) is 8.41. The standard InChI is InChI=1S/C16H14F3N3O2S/c17-16(18,19)11-5-3-10(4-6-11)15-20-12(8-25-15)7-13(23)21-22-14(24)9-1-2-9/h3-6,8-9H,1-2,7H2,(H,21,23)(H,22,24). The Labute approximate surface area is 145 Å². The highest BCUT2D eigenvalue weighted by Gasteiger charge is 2.30. The molecular weight excluding hydrogens is 355 g/mol. The van der Waals surface area contributed by atoms with E-state index >= 15 is 0 Å². The number of benzene rings is 1. The molecule has 0 aliphatic heterocycles. The Kier molecular flexibility index (Phi) is 4.76. The molecule has 1 fully saturated rings. The number of thiazole rings is 1. The Morgan fingerprint density at radius 1 is 1.16 bits per heavy atom. The molecule has 132 valence electrons. The smallest absolute Gasteiger partial charge is 0.273 e. The maximum absolute atomic E-state index is 12.6. The van der Waals surface area contributed by atoms with Crippen LogP contribution in [0.3, 0.4) is 0 Å². The molecule has 0 bridgehead atoms. The fraction of sp³-hybridized carbons (Fsp3) is 0.312. The van der Waals surface area contributed by atoms with Gasteiger partial charge in [-0.2, -0.15) is 13.2 Å². The Bertz CT molecular complexity index is 783. The number of carbonyl (C=O) groups is 2. The number of aromatic nitrogens is 1. The van der Waals surface area contributed by atoms with E-state index in [1.54, 1.807) is 5.38 Å². The number of hydrogen-bond donors (Lipinski definition) is 2. The molecule has 0 radical (unpaired) electrons. The molecule has 1 aromatic heterocycles. The number of hydrogen-bond acceptors (Lipinski definition) is 4. The van der Waals surface area contributed by atoms with E-state index in [0.717, 1.165) is 25.0 Å². The number of nitrogens with one attached hydrogen (secondary N) is 2. The van der Waals surface area contributed by atoms with Gasteiger partial charge in [0.2, 0.25) is 11.8 Å². The lowest BCUT2D eigenvalue weighted by atomic mass is 10.1. The number of amides is 2. The lowest BCUT2D eigenvalue weighted by Gasteiger charge is -2.06. The zero-order chi connectivity index (χ0) is 18.0. The van der Waals surface area contributed by atoms with Crippen molar-refractivity contribution in [2.45, 2.75) is 25.4 Å². The van der Waals surface area contributed by atoms with Gasteiger partial charge >= 0.3 is 6.18 Å². The molecule has 1 aliphatic carbocycles. The van der Waals surface area contributed by atoms with Gasteiger partial charge in [-0.1, -0.05) is 12.1 Å². The van der Waals surface area contributed by atoms with Crippen molar-refractivity contribution in [3.8, 4) is 10.6 Å². The Morgan fingerprint density at radius 3 is 2.44 bits per heavy atom. The fourth-order valence-corrected chi connectivity index (χ4v) is 2.94. The molecule has 0 saturated heterocycles. The summed E-state index contributed by atoms with van der Waals surface area (Å²) in [6, 6.07) is 4.69. The van der Waals surface area contributed by atoms with E-state index in [4.69, 9.17) is 0 Å². The van der Waals surface area contributed by atoms with Gasteiger partial charge in [0.05, 0.1) is 17.7 Å². The van der Waals surface area contributed by atoms with Crippen molar-refractivity contribution in [2.24, 2.45) is 5.92 Å². The van der Waals surface area contributed by atoms with E-state index in [9.17, 15) is 22.8 Å². The van der Waals surface area contributed by atoms with Crippen LogP contribution in [0.1, 0.15) is 24.1 Å². The maximum Gasteiger partial charge on any atom is 0.416 e. The summed E-state index contributed by atoms with van der Waals surface area (Å²) in [7, 11) is 0. The zero-order valence-corrected chi connectivity index (χ0v) is 13.7. The van der Waals surface area contributed by atoms with Crippen molar-refractivity contribution in [1.29, 1.82) is 0 Å².